The van der Waals surface area contributed by atoms with Crippen molar-refractivity contribution < 1.29 is 12.6 Å². The summed E-state index contributed by atoms with van der Waals surface area (Å²) in [4.78, 5) is 0. The zero-order valence-corrected chi connectivity index (χ0v) is 23.5. The summed E-state index contributed by atoms with van der Waals surface area (Å²) in [7, 11) is 0. The van der Waals surface area contributed by atoms with E-state index in [0.29, 0.717) is 3.67 Å². The number of allylic oxidation sites excluding steroid dienone is 5. The van der Waals surface area contributed by atoms with Gasteiger partial charge in [-0.15, -0.1) is 0 Å². The van der Waals surface area contributed by atoms with E-state index in [1.807, 2.05) is 0 Å². The average Bonchev–Trinajstić information content (AvgIpc) is 3.22. The van der Waals surface area contributed by atoms with Crippen LogP contribution < -0.4 is 0 Å². The zero-order chi connectivity index (χ0) is 21.6. The van der Waals surface area contributed by atoms with Crippen LogP contribution in [0, 0.1) is 0 Å². The third kappa shape index (κ3) is 2.29. The van der Waals surface area contributed by atoms with E-state index in [9.17, 15) is 0 Å². The van der Waals surface area contributed by atoms with E-state index < -0.39 is 12.6 Å². The number of hydrogen-bond donors (Lipinski definition) is 0. The Morgan fingerprint density at radius 3 is 1.93 bits per heavy atom. The summed E-state index contributed by atoms with van der Waals surface area (Å²) >= 11 is -5.60. The van der Waals surface area contributed by atoms with E-state index >= 15 is 0 Å². The predicted octanol–water partition coefficient (Wildman–Crippen LogP) is 9.95. The van der Waals surface area contributed by atoms with Crippen molar-refractivity contribution in [2.24, 2.45) is 0 Å². The zero-order valence-electron chi connectivity index (χ0n) is 19.9. The molecule has 0 amide bonds. The van der Waals surface area contributed by atoms with Gasteiger partial charge in [-0.25, -0.2) is 0 Å². The molecular weight excluding hydrogens is 515 g/mol. The molecule has 0 aromatic heterocycles. The van der Waals surface area contributed by atoms with Gasteiger partial charge in [0, 0.05) is 0 Å². The summed E-state index contributed by atoms with van der Waals surface area (Å²) in [6.45, 7) is 2.35. The summed E-state index contributed by atoms with van der Waals surface area (Å²) in [5, 5.41) is 2.69. The van der Waals surface area contributed by atoms with Gasteiger partial charge >= 0.3 is 167 Å². The molecule has 2 aliphatic carbocycles. The second kappa shape index (κ2) is 3.66. The third-order valence-corrected chi connectivity index (χ3v) is 56.3. The van der Waals surface area contributed by atoms with E-state index in [2.05, 4.69) is 113 Å². The Morgan fingerprint density at radius 2 is 1.38 bits per heavy atom. The molecule has 4 rings (SSSR count). The first kappa shape index (κ1) is 21.0. The summed E-state index contributed by atoms with van der Waals surface area (Å²) in [6, 6.07) is 13.8. The average molecular weight is 556 g/mol. The quantitative estimate of drug-likeness (QED) is 0.329. The van der Waals surface area contributed by atoms with E-state index in [1.165, 1.54) is 21.9 Å². The minimum atomic E-state index is -5.60. The first-order valence-electron chi connectivity index (χ1n) is 11.7. The molecule has 1 atom stereocenters. The van der Waals surface area contributed by atoms with Gasteiger partial charge in [0.05, 0.1) is 0 Å². The van der Waals surface area contributed by atoms with Crippen molar-refractivity contribution >= 4 is 16.8 Å². The maximum atomic E-state index is 2.72. The van der Waals surface area contributed by atoms with Crippen molar-refractivity contribution in [2.75, 3.05) is 0 Å². The van der Waals surface area contributed by atoms with Crippen molar-refractivity contribution in [3.05, 3.63) is 77.9 Å². The van der Waals surface area contributed by atoms with Gasteiger partial charge in [-0.05, 0) is 0 Å². The molecule has 1 heteroatoms. The predicted molar refractivity (Wildman–Crippen MR) is 133 cm³/mol. The second-order valence-corrected chi connectivity index (χ2v) is 130. The summed E-state index contributed by atoms with van der Waals surface area (Å²) in [5.74, 6) is 0. The van der Waals surface area contributed by atoms with Crippen LogP contribution in [-0.4, -0.2) is 0 Å². The first-order chi connectivity index (χ1) is 12.7. The van der Waals surface area contributed by atoms with Crippen LogP contribution in [0.25, 0.3) is 16.8 Å². The molecule has 1 unspecified atom stereocenters. The van der Waals surface area contributed by atoms with Crippen LogP contribution in [-0.2, 0) is 15.8 Å². The van der Waals surface area contributed by atoms with Gasteiger partial charge in [0.15, 0.2) is 0 Å². The number of fused-ring (bicyclic) bond motifs is 2. The normalized spacial score (nSPS) is 28.8. The fourth-order valence-corrected chi connectivity index (χ4v) is 41.4. The third-order valence-electron chi connectivity index (χ3n) is 10.2. The van der Waals surface area contributed by atoms with Crippen LogP contribution in [0.2, 0.25) is 36.4 Å². The van der Waals surface area contributed by atoms with Gasteiger partial charge in [0.25, 0.3) is 0 Å². The van der Waals surface area contributed by atoms with Crippen molar-refractivity contribution in [3.63, 3.8) is 0 Å². The summed E-state index contributed by atoms with van der Waals surface area (Å²) in [5.41, 5.74) is 2.94. The molecule has 0 saturated heterocycles. The molecule has 0 spiro atoms. The van der Waals surface area contributed by atoms with Crippen molar-refractivity contribution in [2.45, 2.75) is 59.4 Å². The molecule has 0 bridgehead atoms. The monoisotopic (exact) mass is 557 g/mol. The molecule has 0 saturated carbocycles. The van der Waals surface area contributed by atoms with Crippen molar-refractivity contribution in [1.82, 2.24) is 0 Å². The molecule has 0 aliphatic heterocycles. The van der Waals surface area contributed by atoms with Crippen LogP contribution in [0.3, 0.4) is 0 Å². The Bertz CT molecular complexity index is 1200. The van der Waals surface area contributed by atoms with Crippen LogP contribution in [0.4, 0.5) is 0 Å². The van der Waals surface area contributed by atoms with Crippen LogP contribution in [0.1, 0.15) is 30.9 Å². The van der Waals surface area contributed by atoms with Gasteiger partial charge in [-0.3, -0.25) is 0 Å². The molecule has 0 fully saturated rings. The first-order valence-corrected chi connectivity index (χ1v) is 40.7. The van der Waals surface area contributed by atoms with E-state index in [1.54, 1.807) is 0 Å². The van der Waals surface area contributed by atoms with E-state index in [-0.39, 0.29) is 3.17 Å². The Morgan fingerprint density at radius 1 is 0.828 bits per heavy atom. The van der Waals surface area contributed by atoms with Gasteiger partial charge in [0.2, 0.25) is 0 Å². The topological polar surface area (TPSA) is 0 Å². The fraction of sp³-hybridized carbons (Fsp3) is 0.429. The molecule has 2 aromatic rings. The molecule has 0 heterocycles. The minimum absolute atomic E-state index is 0.0423. The SMILES string of the molecule is CCC[C]1([Hf]([CH3])([CH3])([CH3])([CH3])([CH3])([CH3])([CH3])[CH]2C=CC=C2)C=Cc2cc3ccccc3cc21. The molecule has 157 valence electrons. The van der Waals surface area contributed by atoms with E-state index in [4.69, 9.17) is 0 Å². The number of hydrogen-bond acceptors (Lipinski definition) is 0. The Labute approximate surface area is 166 Å². The van der Waals surface area contributed by atoms with Crippen molar-refractivity contribution in [1.29, 1.82) is 0 Å². The Hall–Kier alpha value is -1.21. The Kier molecular flexibility index (Phi) is 2.65. The second-order valence-electron chi connectivity index (χ2n) is 20.6. The van der Waals surface area contributed by atoms with Gasteiger partial charge in [-0.1, -0.05) is 0 Å². The Balaban J connectivity index is 2.27. The molecule has 0 N–H and O–H groups in total. The van der Waals surface area contributed by atoms with Crippen LogP contribution in [0.5, 0.6) is 0 Å². The molecule has 2 aliphatic rings. The maximum absolute atomic E-state index is 5.60. The van der Waals surface area contributed by atoms with Gasteiger partial charge in [-0.2, -0.15) is 0 Å². The summed E-state index contributed by atoms with van der Waals surface area (Å²) in [6.07, 6.45) is 16.9. The van der Waals surface area contributed by atoms with Crippen LogP contribution >= 0.6 is 0 Å². The van der Waals surface area contributed by atoms with Crippen molar-refractivity contribution in [3.8, 4) is 0 Å². The molecule has 0 radical (unpaired) electrons. The standard InChI is InChI=1S/C16H15.C5H5.7CH3.Hf/c1-2-5-12-8-9-15-10-13-6-3-4-7-14(13)11-16(12)15;1-2-4-5-3-1;;;;;;;;/h3-4,6-11H,2,5H2,1H3;1-5H;7*1H3;. The molecular formula is C28H41Hf. The van der Waals surface area contributed by atoms with Gasteiger partial charge < -0.3 is 0 Å². The molecule has 2 aromatic carbocycles. The molecule has 0 nitrogen and oxygen atoms in total. The fourth-order valence-electron chi connectivity index (χ4n) is 7.49. The number of rotatable bonds is 4. The molecule has 29 heavy (non-hydrogen) atoms. The van der Waals surface area contributed by atoms with E-state index in [0.717, 1.165) is 12.8 Å². The van der Waals surface area contributed by atoms with Gasteiger partial charge in [0.1, 0.15) is 0 Å². The van der Waals surface area contributed by atoms with Crippen LogP contribution in [0.15, 0.2) is 66.8 Å². The summed E-state index contributed by atoms with van der Waals surface area (Å²) < 4.78 is 19.4. The number of benzene rings is 2.